The summed E-state index contributed by atoms with van der Waals surface area (Å²) < 4.78 is 15.9. The summed E-state index contributed by atoms with van der Waals surface area (Å²) in [5, 5.41) is 3.07. The molecule has 0 saturated heterocycles. The van der Waals surface area contributed by atoms with Gasteiger partial charge in [-0.25, -0.2) is 4.39 Å². The number of hydrogen-bond donors (Lipinski definition) is 1. The molecule has 1 N–H and O–H groups in total. The average Bonchev–Trinajstić information content (AvgIpc) is 3.17. The van der Waals surface area contributed by atoms with Crippen molar-refractivity contribution in [2.75, 3.05) is 6.54 Å². The number of benzene rings is 1. The zero-order valence-corrected chi connectivity index (χ0v) is 14.4. The Labute approximate surface area is 142 Å². The number of nitrogens with zero attached hydrogens (tertiary/aromatic N) is 1. The maximum absolute atomic E-state index is 13.6. The van der Waals surface area contributed by atoms with Gasteiger partial charge in [0.25, 0.3) is 0 Å². The van der Waals surface area contributed by atoms with E-state index in [0.717, 1.165) is 17.0 Å². The van der Waals surface area contributed by atoms with Gasteiger partial charge in [-0.15, -0.1) is 0 Å². The van der Waals surface area contributed by atoms with Crippen molar-refractivity contribution in [1.82, 2.24) is 9.88 Å². The lowest BCUT2D eigenvalue weighted by atomic mass is 10.1. The maximum atomic E-state index is 13.6. The van der Waals surface area contributed by atoms with Crippen molar-refractivity contribution in [2.45, 2.75) is 52.1 Å². The van der Waals surface area contributed by atoms with Crippen LogP contribution in [0, 0.1) is 19.7 Å². The Hall–Kier alpha value is -1.94. The third kappa shape index (κ3) is 3.44. The van der Waals surface area contributed by atoms with E-state index in [9.17, 15) is 9.18 Å². The van der Waals surface area contributed by atoms with Gasteiger partial charge in [0.1, 0.15) is 5.82 Å². The quantitative estimate of drug-likeness (QED) is 0.801. The normalized spacial score (nSPS) is 15.1. The maximum Gasteiger partial charge on any atom is 0.178 e. The SMILES string of the molecule is Cc1cc(C(=O)CNCc2ccccc2F)c(C)n1C1CCCC1. The lowest BCUT2D eigenvalue weighted by Gasteiger charge is -2.17. The Balaban J connectivity index is 1.65. The third-order valence-electron chi connectivity index (χ3n) is 5.03. The Morgan fingerprint density at radius 2 is 1.96 bits per heavy atom. The molecule has 0 spiro atoms. The first kappa shape index (κ1) is 16.9. The van der Waals surface area contributed by atoms with E-state index in [1.807, 2.05) is 13.0 Å². The van der Waals surface area contributed by atoms with E-state index in [1.54, 1.807) is 18.2 Å². The number of aromatic nitrogens is 1. The summed E-state index contributed by atoms with van der Waals surface area (Å²) in [7, 11) is 0. The predicted octanol–water partition coefficient (Wildman–Crippen LogP) is 4.33. The molecule has 0 radical (unpaired) electrons. The molecule has 3 rings (SSSR count). The average molecular weight is 328 g/mol. The summed E-state index contributed by atoms with van der Waals surface area (Å²) in [6, 6.07) is 9.19. The highest BCUT2D eigenvalue weighted by Crippen LogP contribution is 2.33. The number of carbonyl (C=O) groups excluding carboxylic acids is 1. The Kier molecular flexibility index (Phi) is 5.14. The minimum absolute atomic E-state index is 0.0729. The second-order valence-electron chi connectivity index (χ2n) is 6.71. The second kappa shape index (κ2) is 7.31. The Bertz CT molecular complexity index is 729. The lowest BCUT2D eigenvalue weighted by Crippen LogP contribution is -2.23. The van der Waals surface area contributed by atoms with E-state index in [2.05, 4.69) is 16.8 Å². The number of rotatable bonds is 6. The zero-order valence-electron chi connectivity index (χ0n) is 14.4. The Morgan fingerprint density at radius 3 is 2.67 bits per heavy atom. The van der Waals surface area contributed by atoms with Gasteiger partial charge in [0.05, 0.1) is 6.54 Å². The van der Waals surface area contributed by atoms with Gasteiger partial charge >= 0.3 is 0 Å². The number of nitrogens with one attached hydrogen (secondary N) is 1. The van der Waals surface area contributed by atoms with Crippen LogP contribution in [0.2, 0.25) is 0 Å². The molecule has 0 bridgehead atoms. The Morgan fingerprint density at radius 1 is 1.25 bits per heavy atom. The first-order valence-electron chi connectivity index (χ1n) is 8.73. The summed E-state index contributed by atoms with van der Waals surface area (Å²) in [5.74, 6) is -0.166. The van der Waals surface area contributed by atoms with Crippen molar-refractivity contribution in [3.05, 3.63) is 58.7 Å². The minimum atomic E-state index is -0.239. The van der Waals surface area contributed by atoms with Crippen LogP contribution in [0.4, 0.5) is 4.39 Å². The number of carbonyl (C=O) groups is 1. The van der Waals surface area contributed by atoms with Gasteiger partial charge < -0.3 is 9.88 Å². The van der Waals surface area contributed by atoms with Crippen molar-refractivity contribution in [2.24, 2.45) is 0 Å². The fourth-order valence-electron chi connectivity index (χ4n) is 3.83. The van der Waals surface area contributed by atoms with Crippen LogP contribution in [0.25, 0.3) is 0 Å². The van der Waals surface area contributed by atoms with Gasteiger partial charge in [0.2, 0.25) is 0 Å². The lowest BCUT2D eigenvalue weighted by molar-refractivity contribution is 0.0990. The highest BCUT2D eigenvalue weighted by molar-refractivity contribution is 5.99. The van der Waals surface area contributed by atoms with Gasteiger partial charge in [-0.3, -0.25) is 4.79 Å². The topological polar surface area (TPSA) is 34.0 Å². The van der Waals surface area contributed by atoms with Crippen LogP contribution < -0.4 is 5.32 Å². The monoisotopic (exact) mass is 328 g/mol. The van der Waals surface area contributed by atoms with Crippen LogP contribution in [0.5, 0.6) is 0 Å². The van der Waals surface area contributed by atoms with Crippen molar-refractivity contribution < 1.29 is 9.18 Å². The summed E-state index contributed by atoms with van der Waals surface area (Å²) in [4.78, 5) is 12.6. The van der Waals surface area contributed by atoms with E-state index < -0.39 is 0 Å². The highest BCUT2D eigenvalue weighted by atomic mass is 19.1. The van der Waals surface area contributed by atoms with Gasteiger partial charge in [0.15, 0.2) is 5.78 Å². The number of Topliss-reactive ketones (excluding diaryl/α,β-unsaturated/α-hetero) is 1. The van der Waals surface area contributed by atoms with Gasteiger partial charge in [-0.2, -0.15) is 0 Å². The van der Waals surface area contributed by atoms with E-state index in [4.69, 9.17) is 0 Å². The van der Waals surface area contributed by atoms with Crippen molar-refractivity contribution in [1.29, 1.82) is 0 Å². The van der Waals surface area contributed by atoms with Crippen LogP contribution in [0.1, 0.15) is 59.0 Å². The number of halogens is 1. The fraction of sp³-hybridized carbons (Fsp3) is 0.450. The molecular formula is C20H25FN2O. The summed E-state index contributed by atoms with van der Waals surface area (Å²) in [6.45, 7) is 4.70. The predicted molar refractivity (Wildman–Crippen MR) is 93.8 cm³/mol. The summed E-state index contributed by atoms with van der Waals surface area (Å²) >= 11 is 0. The molecule has 0 unspecified atom stereocenters. The zero-order chi connectivity index (χ0) is 17.1. The molecule has 1 aliphatic carbocycles. The van der Waals surface area contributed by atoms with Gasteiger partial charge in [-0.05, 0) is 38.8 Å². The molecule has 1 saturated carbocycles. The van der Waals surface area contributed by atoms with Crippen LogP contribution in [0.3, 0.4) is 0 Å². The molecule has 128 valence electrons. The largest absolute Gasteiger partial charge is 0.345 e. The van der Waals surface area contributed by atoms with E-state index in [-0.39, 0.29) is 18.1 Å². The van der Waals surface area contributed by atoms with E-state index in [1.165, 1.54) is 31.7 Å². The second-order valence-corrected chi connectivity index (χ2v) is 6.71. The number of hydrogen-bond acceptors (Lipinski definition) is 2. The summed E-state index contributed by atoms with van der Waals surface area (Å²) in [5.41, 5.74) is 3.61. The van der Waals surface area contributed by atoms with Crippen molar-refractivity contribution >= 4 is 5.78 Å². The van der Waals surface area contributed by atoms with Crippen molar-refractivity contribution in [3.63, 3.8) is 0 Å². The molecule has 4 heteroatoms. The summed E-state index contributed by atoms with van der Waals surface area (Å²) in [6.07, 6.45) is 4.95. The molecule has 1 aromatic heterocycles. The van der Waals surface area contributed by atoms with Crippen LogP contribution >= 0.6 is 0 Å². The standard InChI is InChI=1S/C20H25FN2O/c1-14-11-18(15(2)23(14)17-8-4-5-9-17)20(24)13-22-12-16-7-3-6-10-19(16)21/h3,6-7,10-11,17,22H,4-5,8-9,12-13H2,1-2H3. The molecular weight excluding hydrogens is 303 g/mol. The molecule has 2 aromatic rings. The van der Waals surface area contributed by atoms with Gasteiger partial charge in [-0.1, -0.05) is 31.0 Å². The molecule has 1 fully saturated rings. The van der Waals surface area contributed by atoms with E-state index >= 15 is 0 Å². The van der Waals surface area contributed by atoms with Crippen LogP contribution in [-0.2, 0) is 6.54 Å². The third-order valence-corrected chi connectivity index (χ3v) is 5.03. The highest BCUT2D eigenvalue weighted by Gasteiger charge is 2.23. The van der Waals surface area contributed by atoms with E-state index in [0.29, 0.717) is 18.2 Å². The molecule has 0 atom stereocenters. The fourth-order valence-corrected chi connectivity index (χ4v) is 3.83. The molecule has 1 heterocycles. The number of ketones is 1. The minimum Gasteiger partial charge on any atom is -0.345 e. The van der Waals surface area contributed by atoms with Crippen molar-refractivity contribution in [3.8, 4) is 0 Å². The molecule has 3 nitrogen and oxygen atoms in total. The number of aryl methyl sites for hydroxylation is 1. The first-order valence-corrected chi connectivity index (χ1v) is 8.73. The molecule has 1 aliphatic rings. The molecule has 0 amide bonds. The smallest absolute Gasteiger partial charge is 0.178 e. The molecule has 0 aliphatic heterocycles. The van der Waals surface area contributed by atoms with Crippen LogP contribution in [-0.4, -0.2) is 16.9 Å². The molecule has 1 aromatic carbocycles. The van der Waals surface area contributed by atoms with Crippen LogP contribution in [0.15, 0.2) is 30.3 Å². The first-order chi connectivity index (χ1) is 11.6. The van der Waals surface area contributed by atoms with Gasteiger partial charge in [0, 0.05) is 35.1 Å². The molecule has 24 heavy (non-hydrogen) atoms.